The molecule has 90 valence electrons. The summed E-state index contributed by atoms with van der Waals surface area (Å²) in [5, 5.41) is 3.51. The highest BCUT2D eigenvalue weighted by Gasteiger charge is 2.11. The number of nitrogens with one attached hydrogen (secondary N) is 1. The Hall–Kier alpha value is -0.380. The van der Waals surface area contributed by atoms with E-state index in [0.29, 0.717) is 12.1 Å². The standard InChI is InChI=1S/C13H21BrN2/c1-9(16-11(3)10(2)15)8-12-4-6-13(14)7-5-12/h4-7,9-11,16H,8,15H2,1-3H3. The van der Waals surface area contributed by atoms with Gasteiger partial charge in [0.2, 0.25) is 0 Å². The molecule has 1 aromatic carbocycles. The number of rotatable bonds is 5. The van der Waals surface area contributed by atoms with Crippen LogP contribution in [0, 0.1) is 0 Å². The van der Waals surface area contributed by atoms with E-state index in [2.05, 4.69) is 59.4 Å². The van der Waals surface area contributed by atoms with Gasteiger partial charge in [0.25, 0.3) is 0 Å². The van der Waals surface area contributed by atoms with Crippen molar-refractivity contribution in [1.29, 1.82) is 0 Å². The SMILES string of the molecule is CC(Cc1ccc(Br)cc1)NC(C)C(C)N. The third-order valence-electron chi connectivity index (χ3n) is 2.79. The van der Waals surface area contributed by atoms with Crippen LogP contribution in [-0.2, 0) is 6.42 Å². The monoisotopic (exact) mass is 284 g/mol. The summed E-state index contributed by atoms with van der Waals surface area (Å²) in [4.78, 5) is 0. The molecule has 0 bridgehead atoms. The van der Waals surface area contributed by atoms with Crippen molar-refractivity contribution in [3.63, 3.8) is 0 Å². The fourth-order valence-electron chi connectivity index (χ4n) is 1.63. The number of halogens is 1. The van der Waals surface area contributed by atoms with Gasteiger partial charge in [0.1, 0.15) is 0 Å². The minimum Gasteiger partial charge on any atom is -0.327 e. The lowest BCUT2D eigenvalue weighted by atomic mass is 10.1. The van der Waals surface area contributed by atoms with E-state index >= 15 is 0 Å². The summed E-state index contributed by atoms with van der Waals surface area (Å²) in [5.74, 6) is 0. The fourth-order valence-corrected chi connectivity index (χ4v) is 1.90. The molecule has 0 radical (unpaired) electrons. The molecular formula is C13H21BrN2. The summed E-state index contributed by atoms with van der Waals surface area (Å²) in [5.41, 5.74) is 7.18. The van der Waals surface area contributed by atoms with E-state index in [1.807, 2.05) is 6.92 Å². The Balaban J connectivity index is 2.45. The highest BCUT2D eigenvalue weighted by molar-refractivity contribution is 9.10. The van der Waals surface area contributed by atoms with Gasteiger partial charge in [-0.1, -0.05) is 28.1 Å². The zero-order chi connectivity index (χ0) is 12.1. The molecular weight excluding hydrogens is 264 g/mol. The summed E-state index contributed by atoms with van der Waals surface area (Å²) in [6, 6.07) is 9.45. The average molecular weight is 285 g/mol. The summed E-state index contributed by atoms with van der Waals surface area (Å²) in [6.45, 7) is 6.35. The van der Waals surface area contributed by atoms with E-state index in [-0.39, 0.29) is 6.04 Å². The maximum atomic E-state index is 5.83. The first-order chi connectivity index (χ1) is 7.49. The van der Waals surface area contributed by atoms with Gasteiger partial charge in [-0.15, -0.1) is 0 Å². The predicted octanol–water partition coefficient (Wildman–Crippen LogP) is 2.71. The maximum absolute atomic E-state index is 5.83. The highest BCUT2D eigenvalue weighted by atomic mass is 79.9. The average Bonchev–Trinajstić information content (AvgIpc) is 2.21. The zero-order valence-corrected chi connectivity index (χ0v) is 11.8. The molecule has 0 heterocycles. The van der Waals surface area contributed by atoms with E-state index in [1.54, 1.807) is 0 Å². The van der Waals surface area contributed by atoms with Crippen LogP contribution in [0.2, 0.25) is 0 Å². The Labute approximate surface area is 107 Å². The highest BCUT2D eigenvalue weighted by Crippen LogP contribution is 2.12. The molecule has 0 saturated heterocycles. The first-order valence-electron chi connectivity index (χ1n) is 5.75. The van der Waals surface area contributed by atoms with Crippen LogP contribution in [0.1, 0.15) is 26.3 Å². The van der Waals surface area contributed by atoms with Crippen LogP contribution in [0.4, 0.5) is 0 Å². The van der Waals surface area contributed by atoms with E-state index in [1.165, 1.54) is 5.56 Å². The third kappa shape index (κ3) is 4.64. The zero-order valence-electron chi connectivity index (χ0n) is 10.2. The molecule has 0 fully saturated rings. The molecule has 0 aliphatic carbocycles. The number of hydrogen-bond acceptors (Lipinski definition) is 2. The lowest BCUT2D eigenvalue weighted by Gasteiger charge is -2.22. The second-order valence-electron chi connectivity index (χ2n) is 4.55. The lowest BCUT2D eigenvalue weighted by Crippen LogP contribution is -2.45. The molecule has 16 heavy (non-hydrogen) atoms. The second-order valence-corrected chi connectivity index (χ2v) is 5.46. The van der Waals surface area contributed by atoms with Gasteiger partial charge in [-0.3, -0.25) is 0 Å². The van der Waals surface area contributed by atoms with Crippen LogP contribution in [-0.4, -0.2) is 18.1 Å². The van der Waals surface area contributed by atoms with Gasteiger partial charge in [0, 0.05) is 22.6 Å². The van der Waals surface area contributed by atoms with E-state index in [4.69, 9.17) is 5.73 Å². The molecule has 0 aliphatic heterocycles. The number of nitrogens with two attached hydrogens (primary N) is 1. The Bertz CT molecular complexity index is 308. The molecule has 3 unspecified atom stereocenters. The summed E-state index contributed by atoms with van der Waals surface area (Å²) in [7, 11) is 0. The largest absolute Gasteiger partial charge is 0.327 e. The second kappa shape index (κ2) is 6.38. The molecule has 3 N–H and O–H groups in total. The normalized spacial score (nSPS) is 16.8. The maximum Gasteiger partial charge on any atom is 0.0190 e. The smallest absolute Gasteiger partial charge is 0.0190 e. The van der Waals surface area contributed by atoms with Crippen molar-refractivity contribution in [3.8, 4) is 0 Å². The van der Waals surface area contributed by atoms with Gasteiger partial charge < -0.3 is 11.1 Å². The first-order valence-corrected chi connectivity index (χ1v) is 6.54. The van der Waals surface area contributed by atoms with Gasteiger partial charge in [-0.05, 0) is 44.9 Å². The number of benzene rings is 1. The van der Waals surface area contributed by atoms with Crippen LogP contribution >= 0.6 is 15.9 Å². The third-order valence-corrected chi connectivity index (χ3v) is 3.32. The minimum absolute atomic E-state index is 0.187. The van der Waals surface area contributed by atoms with E-state index in [0.717, 1.165) is 10.9 Å². The van der Waals surface area contributed by atoms with Gasteiger partial charge >= 0.3 is 0 Å². The van der Waals surface area contributed by atoms with Crippen molar-refractivity contribution >= 4 is 15.9 Å². The van der Waals surface area contributed by atoms with Crippen LogP contribution in [0.15, 0.2) is 28.7 Å². The molecule has 0 aromatic heterocycles. The molecule has 0 spiro atoms. The topological polar surface area (TPSA) is 38.0 Å². The predicted molar refractivity (Wildman–Crippen MR) is 73.6 cm³/mol. The first kappa shape index (κ1) is 13.7. The Morgan fingerprint density at radius 1 is 1.19 bits per heavy atom. The summed E-state index contributed by atoms with van der Waals surface area (Å²) in [6.07, 6.45) is 1.03. The molecule has 1 aromatic rings. The van der Waals surface area contributed by atoms with E-state index in [9.17, 15) is 0 Å². The van der Waals surface area contributed by atoms with Gasteiger partial charge in [0.05, 0.1) is 0 Å². The quantitative estimate of drug-likeness (QED) is 0.873. The van der Waals surface area contributed by atoms with Crippen molar-refractivity contribution in [2.75, 3.05) is 0 Å². The molecule has 0 amide bonds. The number of hydrogen-bond donors (Lipinski definition) is 2. The summed E-state index contributed by atoms with van der Waals surface area (Å²) >= 11 is 3.44. The van der Waals surface area contributed by atoms with Gasteiger partial charge in [0.15, 0.2) is 0 Å². The van der Waals surface area contributed by atoms with Crippen molar-refractivity contribution in [1.82, 2.24) is 5.32 Å². The lowest BCUT2D eigenvalue weighted by molar-refractivity contribution is 0.420. The molecule has 2 nitrogen and oxygen atoms in total. The van der Waals surface area contributed by atoms with Crippen LogP contribution in [0.3, 0.4) is 0 Å². The van der Waals surface area contributed by atoms with Crippen molar-refractivity contribution in [3.05, 3.63) is 34.3 Å². The molecule has 3 heteroatoms. The Morgan fingerprint density at radius 2 is 1.75 bits per heavy atom. The minimum atomic E-state index is 0.187. The molecule has 0 aliphatic rings. The molecule has 1 rings (SSSR count). The Morgan fingerprint density at radius 3 is 2.25 bits per heavy atom. The van der Waals surface area contributed by atoms with Crippen LogP contribution in [0.5, 0.6) is 0 Å². The van der Waals surface area contributed by atoms with Crippen LogP contribution in [0.25, 0.3) is 0 Å². The van der Waals surface area contributed by atoms with Crippen LogP contribution < -0.4 is 11.1 Å². The van der Waals surface area contributed by atoms with E-state index < -0.39 is 0 Å². The molecule has 0 saturated carbocycles. The van der Waals surface area contributed by atoms with Crippen molar-refractivity contribution in [2.24, 2.45) is 5.73 Å². The van der Waals surface area contributed by atoms with Gasteiger partial charge in [-0.25, -0.2) is 0 Å². The Kier molecular flexibility index (Phi) is 5.46. The molecule has 3 atom stereocenters. The van der Waals surface area contributed by atoms with Crippen molar-refractivity contribution in [2.45, 2.75) is 45.3 Å². The van der Waals surface area contributed by atoms with Crippen molar-refractivity contribution < 1.29 is 0 Å². The fraction of sp³-hybridized carbons (Fsp3) is 0.538. The summed E-state index contributed by atoms with van der Waals surface area (Å²) < 4.78 is 1.13. The van der Waals surface area contributed by atoms with Gasteiger partial charge in [-0.2, -0.15) is 0 Å².